The van der Waals surface area contributed by atoms with Gasteiger partial charge in [-0.2, -0.15) is 0 Å². The van der Waals surface area contributed by atoms with Gasteiger partial charge in [0, 0.05) is 10.9 Å². The maximum Gasteiger partial charge on any atom is 0.283 e. The highest BCUT2D eigenvalue weighted by atomic mass is 32.2. The van der Waals surface area contributed by atoms with Crippen molar-refractivity contribution in [1.29, 1.82) is 0 Å². The number of aromatic nitrogens is 3. The second kappa shape index (κ2) is 8.55. The minimum Gasteiger partial charge on any atom is -0.349 e. The number of benzene rings is 3. The Bertz CT molecular complexity index is 1560. The van der Waals surface area contributed by atoms with Crippen LogP contribution in [-0.4, -0.2) is 26.2 Å². The number of fused-ring (bicyclic) bond motifs is 3. The Labute approximate surface area is 192 Å². The quantitative estimate of drug-likeness (QED) is 0.286. The number of anilines is 1. The summed E-state index contributed by atoms with van der Waals surface area (Å²) in [6.45, 7) is 1.97. The molecule has 2 N–H and O–H groups in total. The molecule has 0 aliphatic heterocycles. The van der Waals surface area contributed by atoms with Gasteiger partial charge in [-0.3, -0.25) is 14.2 Å². The molecule has 1 amide bonds. The first-order valence-corrected chi connectivity index (χ1v) is 11.3. The monoisotopic (exact) mass is 458 g/mol. The van der Waals surface area contributed by atoms with Gasteiger partial charge in [0.25, 0.3) is 5.56 Å². The molecule has 3 aromatic carbocycles. The fraction of sp³-hybridized carbons (Fsp3) is 0.0800. The SMILES string of the molecule is Cc1ccc(-n2c(SCC(=O)Nc3ccccc3F)nc3c([nH]c4ccccc43)c2=O)cc1. The number of aromatic amines is 1. The summed E-state index contributed by atoms with van der Waals surface area (Å²) in [6, 6.07) is 21.1. The molecule has 0 spiro atoms. The number of nitrogens with zero attached hydrogens (tertiary/aromatic N) is 2. The van der Waals surface area contributed by atoms with E-state index in [0.717, 1.165) is 28.2 Å². The molecule has 0 unspecified atom stereocenters. The normalized spacial score (nSPS) is 11.2. The minimum atomic E-state index is -0.509. The van der Waals surface area contributed by atoms with Gasteiger partial charge in [-0.15, -0.1) is 0 Å². The predicted molar refractivity (Wildman–Crippen MR) is 130 cm³/mol. The highest BCUT2D eigenvalue weighted by Gasteiger charge is 2.18. The summed E-state index contributed by atoms with van der Waals surface area (Å²) in [6.07, 6.45) is 0. The van der Waals surface area contributed by atoms with Gasteiger partial charge in [0.1, 0.15) is 16.9 Å². The standard InChI is InChI=1S/C25H19FN4O2S/c1-15-10-12-16(13-11-15)30-24(32)23-22(17-6-2-4-8-19(17)28-23)29-25(30)33-14-21(31)27-20-9-5-3-7-18(20)26/h2-13,28H,14H2,1H3,(H,27,31). The molecule has 0 aliphatic carbocycles. The van der Waals surface area contributed by atoms with Crippen molar-refractivity contribution >= 4 is 45.3 Å². The summed E-state index contributed by atoms with van der Waals surface area (Å²) in [7, 11) is 0. The second-order valence-electron chi connectivity index (χ2n) is 7.58. The van der Waals surface area contributed by atoms with Crippen LogP contribution < -0.4 is 10.9 Å². The van der Waals surface area contributed by atoms with Crippen LogP contribution in [0, 0.1) is 12.7 Å². The number of carbonyl (C=O) groups is 1. The number of thioether (sulfide) groups is 1. The number of hydrogen-bond donors (Lipinski definition) is 2. The molecule has 33 heavy (non-hydrogen) atoms. The molecule has 5 aromatic rings. The van der Waals surface area contributed by atoms with Gasteiger partial charge in [0.05, 0.1) is 17.1 Å². The van der Waals surface area contributed by atoms with Gasteiger partial charge in [-0.1, -0.05) is 59.8 Å². The molecular formula is C25H19FN4O2S. The number of aryl methyl sites for hydroxylation is 1. The summed E-state index contributed by atoms with van der Waals surface area (Å²) in [5.41, 5.74) is 3.33. The molecule has 0 radical (unpaired) electrons. The lowest BCUT2D eigenvalue weighted by Crippen LogP contribution is -2.23. The first-order valence-electron chi connectivity index (χ1n) is 10.3. The van der Waals surface area contributed by atoms with Crippen LogP contribution in [-0.2, 0) is 4.79 Å². The van der Waals surface area contributed by atoms with Crippen molar-refractivity contribution in [3.63, 3.8) is 0 Å². The molecule has 2 heterocycles. The Kier molecular flexibility index (Phi) is 5.43. The molecule has 0 bridgehead atoms. The predicted octanol–water partition coefficient (Wildman–Crippen LogP) is 5.05. The van der Waals surface area contributed by atoms with E-state index in [9.17, 15) is 14.0 Å². The third-order valence-electron chi connectivity index (χ3n) is 5.27. The number of hydrogen-bond acceptors (Lipinski definition) is 4. The van der Waals surface area contributed by atoms with Gasteiger partial charge in [0.2, 0.25) is 5.91 Å². The van der Waals surface area contributed by atoms with Crippen molar-refractivity contribution in [2.75, 3.05) is 11.1 Å². The zero-order chi connectivity index (χ0) is 22.9. The summed E-state index contributed by atoms with van der Waals surface area (Å²) >= 11 is 1.12. The maximum absolute atomic E-state index is 13.9. The Hall–Kier alpha value is -3.91. The van der Waals surface area contributed by atoms with Gasteiger partial charge in [-0.25, -0.2) is 9.37 Å². The molecule has 2 aromatic heterocycles. The Morgan fingerprint density at radius 3 is 2.58 bits per heavy atom. The van der Waals surface area contributed by atoms with E-state index in [2.05, 4.69) is 10.3 Å². The fourth-order valence-electron chi connectivity index (χ4n) is 3.64. The van der Waals surface area contributed by atoms with Gasteiger partial charge in [0.15, 0.2) is 5.16 Å². The first kappa shape index (κ1) is 21.0. The van der Waals surface area contributed by atoms with Gasteiger partial charge >= 0.3 is 0 Å². The Morgan fingerprint density at radius 2 is 1.79 bits per heavy atom. The van der Waals surface area contributed by atoms with Crippen LogP contribution in [0.2, 0.25) is 0 Å². The number of halogens is 1. The molecule has 8 heteroatoms. The van der Waals surface area contributed by atoms with E-state index >= 15 is 0 Å². The fourth-order valence-corrected chi connectivity index (χ4v) is 4.45. The largest absolute Gasteiger partial charge is 0.349 e. The van der Waals surface area contributed by atoms with Crippen molar-refractivity contribution in [3.05, 3.63) is 94.5 Å². The second-order valence-corrected chi connectivity index (χ2v) is 8.52. The summed E-state index contributed by atoms with van der Waals surface area (Å²) in [5, 5.41) is 3.78. The molecule has 0 saturated heterocycles. The third kappa shape index (κ3) is 4.01. The van der Waals surface area contributed by atoms with E-state index in [-0.39, 0.29) is 17.0 Å². The Morgan fingerprint density at radius 1 is 1.06 bits per heavy atom. The maximum atomic E-state index is 13.9. The molecular weight excluding hydrogens is 439 g/mol. The molecule has 6 nitrogen and oxygen atoms in total. The number of nitrogens with one attached hydrogen (secondary N) is 2. The van der Waals surface area contributed by atoms with Crippen LogP contribution in [0.15, 0.2) is 82.7 Å². The minimum absolute atomic E-state index is 0.0412. The third-order valence-corrected chi connectivity index (χ3v) is 6.21. The van der Waals surface area contributed by atoms with Crippen LogP contribution in [0.3, 0.4) is 0 Å². The molecule has 0 aliphatic rings. The summed E-state index contributed by atoms with van der Waals surface area (Å²) < 4.78 is 15.4. The number of amides is 1. The van der Waals surface area contributed by atoms with Crippen molar-refractivity contribution in [2.24, 2.45) is 0 Å². The molecule has 0 fully saturated rings. The highest BCUT2D eigenvalue weighted by Crippen LogP contribution is 2.26. The van der Waals surface area contributed by atoms with Crippen LogP contribution in [0.5, 0.6) is 0 Å². The molecule has 0 atom stereocenters. The van der Waals surface area contributed by atoms with E-state index < -0.39 is 11.7 Å². The van der Waals surface area contributed by atoms with Crippen molar-refractivity contribution in [1.82, 2.24) is 14.5 Å². The summed E-state index contributed by atoms with van der Waals surface area (Å²) in [5.74, 6) is -0.944. The number of para-hydroxylation sites is 2. The van der Waals surface area contributed by atoms with E-state index in [1.165, 1.54) is 16.7 Å². The zero-order valence-electron chi connectivity index (χ0n) is 17.6. The molecule has 5 rings (SSSR count). The Balaban J connectivity index is 1.57. The van der Waals surface area contributed by atoms with Gasteiger partial charge < -0.3 is 10.3 Å². The van der Waals surface area contributed by atoms with E-state index in [1.54, 1.807) is 12.1 Å². The van der Waals surface area contributed by atoms with Gasteiger partial charge in [-0.05, 0) is 37.3 Å². The average molecular weight is 459 g/mol. The van der Waals surface area contributed by atoms with E-state index in [0.29, 0.717) is 21.9 Å². The van der Waals surface area contributed by atoms with Crippen LogP contribution >= 0.6 is 11.8 Å². The lowest BCUT2D eigenvalue weighted by molar-refractivity contribution is -0.113. The van der Waals surface area contributed by atoms with E-state index in [1.807, 2.05) is 55.5 Å². The van der Waals surface area contributed by atoms with Crippen LogP contribution in [0.1, 0.15) is 5.56 Å². The zero-order valence-corrected chi connectivity index (χ0v) is 18.4. The van der Waals surface area contributed by atoms with Crippen molar-refractivity contribution in [3.8, 4) is 5.69 Å². The molecule has 0 saturated carbocycles. The van der Waals surface area contributed by atoms with Crippen molar-refractivity contribution in [2.45, 2.75) is 12.1 Å². The smallest absolute Gasteiger partial charge is 0.283 e. The van der Waals surface area contributed by atoms with Crippen LogP contribution in [0.25, 0.3) is 27.6 Å². The number of H-pyrrole nitrogens is 1. The first-order chi connectivity index (χ1) is 16.0. The number of carbonyl (C=O) groups excluding carboxylic acids is 1. The lowest BCUT2D eigenvalue weighted by Gasteiger charge is -2.12. The summed E-state index contributed by atoms with van der Waals surface area (Å²) in [4.78, 5) is 34.0. The average Bonchev–Trinajstić information content (AvgIpc) is 3.19. The number of rotatable bonds is 5. The van der Waals surface area contributed by atoms with E-state index in [4.69, 9.17) is 4.98 Å². The van der Waals surface area contributed by atoms with Crippen molar-refractivity contribution < 1.29 is 9.18 Å². The molecule has 164 valence electrons. The van der Waals surface area contributed by atoms with Crippen LogP contribution in [0.4, 0.5) is 10.1 Å². The topological polar surface area (TPSA) is 79.8 Å². The highest BCUT2D eigenvalue weighted by molar-refractivity contribution is 7.99. The lowest BCUT2D eigenvalue weighted by atomic mass is 10.2.